The van der Waals surface area contributed by atoms with Gasteiger partial charge in [0.15, 0.2) is 0 Å². The van der Waals surface area contributed by atoms with E-state index in [9.17, 15) is 4.79 Å². The first-order chi connectivity index (χ1) is 13.7. The Balaban J connectivity index is 1.53. The second kappa shape index (κ2) is 8.50. The summed E-state index contributed by atoms with van der Waals surface area (Å²) in [4.78, 5) is 25.4. The Hall–Kier alpha value is -2.76. The molecule has 1 aliphatic heterocycles. The van der Waals surface area contributed by atoms with E-state index in [1.165, 1.54) is 0 Å². The van der Waals surface area contributed by atoms with Gasteiger partial charge in [-0.25, -0.2) is 9.97 Å². The first-order valence-corrected chi connectivity index (χ1v) is 9.69. The number of rotatable bonds is 4. The number of amides is 1. The van der Waals surface area contributed by atoms with Gasteiger partial charge in [-0.3, -0.25) is 9.69 Å². The molecule has 0 N–H and O–H groups in total. The number of piperazine rings is 1. The number of hydrogen-bond acceptors (Lipinski definition) is 4. The van der Waals surface area contributed by atoms with Crippen molar-refractivity contribution in [1.82, 2.24) is 19.8 Å². The molecule has 4 rings (SSSR count). The molecule has 2 aromatic carbocycles. The van der Waals surface area contributed by atoms with Crippen LogP contribution >= 0.6 is 11.6 Å². The molecule has 2 heterocycles. The standard InChI is InChI=1S/C22H21ClN4O/c23-20-8-6-17(7-9-20)21(19-14-24-16-25-15-19)26-10-12-27(13-11-26)22(28)18-4-2-1-3-5-18/h1-9,14-16,21H,10-13H2. The number of carbonyl (C=O) groups excluding carboxylic acids is 1. The van der Waals surface area contributed by atoms with Crippen LogP contribution in [0.1, 0.15) is 27.5 Å². The average molecular weight is 393 g/mol. The van der Waals surface area contributed by atoms with E-state index < -0.39 is 0 Å². The third-order valence-corrected chi connectivity index (χ3v) is 5.32. The molecule has 0 bridgehead atoms. The maximum absolute atomic E-state index is 12.7. The third-order valence-electron chi connectivity index (χ3n) is 5.07. The number of hydrogen-bond donors (Lipinski definition) is 0. The minimum Gasteiger partial charge on any atom is -0.336 e. The van der Waals surface area contributed by atoms with E-state index in [1.54, 1.807) is 6.33 Å². The summed E-state index contributed by atoms with van der Waals surface area (Å²) in [6.45, 7) is 2.93. The molecule has 0 saturated carbocycles. The lowest BCUT2D eigenvalue weighted by Gasteiger charge is -2.39. The zero-order chi connectivity index (χ0) is 19.3. The summed E-state index contributed by atoms with van der Waals surface area (Å²) in [5.74, 6) is 0.0892. The summed E-state index contributed by atoms with van der Waals surface area (Å²) >= 11 is 6.08. The Kier molecular flexibility index (Phi) is 5.65. The van der Waals surface area contributed by atoms with Gasteiger partial charge in [-0.2, -0.15) is 0 Å². The van der Waals surface area contributed by atoms with Gasteiger partial charge in [0.1, 0.15) is 6.33 Å². The Morgan fingerprint density at radius 1 is 0.857 bits per heavy atom. The molecule has 142 valence electrons. The maximum Gasteiger partial charge on any atom is 0.253 e. The van der Waals surface area contributed by atoms with Crippen LogP contribution in [0.5, 0.6) is 0 Å². The van der Waals surface area contributed by atoms with E-state index in [0.29, 0.717) is 18.1 Å². The minimum atomic E-state index is 0.0347. The molecule has 0 radical (unpaired) electrons. The van der Waals surface area contributed by atoms with E-state index in [-0.39, 0.29) is 11.9 Å². The van der Waals surface area contributed by atoms with Gasteiger partial charge in [-0.1, -0.05) is 41.9 Å². The van der Waals surface area contributed by atoms with E-state index >= 15 is 0 Å². The van der Waals surface area contributed by atoms with Gasteiger partial charge < -0.3 is 4.90 Å². The lowest BCUT2D eigenvalue weighted by Crippen LogP contribution is -2.49. The Morgan fingerprint density at radius 3 is 2.14 bits per heavy atom. The highest BCUT2D eigenvalue weighted by Gasteiger charge is 2.28. The second-order valence-electron chi connectivity index (χ2n) is 6.82. The van der Waals surface area contributed by atoms with E-state index in [4.69, 9.17) is 11.6 Å². The average Bonchev–Trinajstić information content (AvgIpc) is 2.77. The Labute approximate surface area is 169 Å². The summed E-state index contributed by atoms with van der Waals surface area (Å²) in [5, 5.41) is 0.713. The van der Waals surface area contributed by atoms with Crippen molar-refractivity contribution in [2.45, 2.75) is 6.04 Å². The first kappa shape index (κ1) is 18.6. The number of halogens is 1. The van der Waals surface area contributed by atoms with E-state index in [1.807, 2.05) is 71.9 Å². The van der Waals surface area contributed by atoms with Crippen molar-refractivity contribution < 1.29 is 4.79 Å². The van der Waals surface area contributed by atoms with Crippen molar-refractivity contribution in [2.75, 3.05) is 26.2 Å². The molecule has 1 aromatic heterocycles. The zero-order valence-corrected chi connectivity index (χ0v) is 16.2. The molecule has 1 amide bonds. The number of aromatic nitrogens is 2. The van der Waals surface area contributed by atoms with Gasteiger partial charge in [0.05, 0.1) is 6.04 Å². The maximum atomic E-state index is 12.7. The molecule has 1 atom stereocenters. The molecule has 5 nitrogen and oxygen atoms in total. The molecule has 0 spiro atoms. The summed E-state index contributed by atoms with van der Waals surface area (Å²) in [6, 6.07) is 17.4. The smallest absolute Gasteiger partial charge is 0.253 e. The van der Waals surface area contributed by atoms with Crippen molar-refractivity contribution in [3.8, 4) is 0 Å². The topological polar surface area (TPSA) is 49.3 Å². The molecule has 3 aromatic rings. The van der Waals surface area contributed by atoms with Crippen LogP contribution in [0.4, 0.5) is 0 Å². The SMILES string of the molecule is O=C(c1ccccc1)N1CCN(C(c2ccc(Cl)cc2)c2cncnc2)CC1. The van der Waals surface area contributed by atoms with E-state index in [0.717, 1.165) is 29.8 Å². The normalized spacial score (nSPS) is 16.0. The van der Waals surface area contributed by atoms with E-state index in [2.05, 4.69) is 14.9 Å². The quantitative estimate of drug-likeness (QED) is 0.679. The minimum absolute atomic E-state index is 0.0347. The first-order valence-electron chi connectivity index (χ1n) is 9.31. The van der Waals surface area contributed by atoms with Gasteiger partial charge in [0, 0.05) is 54.7 Å². The molecule has 1 unspecified atom stereocenters. The largest absolute Gasteiger partial charge is 0.336 e. The molecule has 1 fully saturated rings. The second-order valence-corrected chi connectivity index (χ2v) is 7.26. The Morgan fingerprint density at radius 2 is 1.50 bits per heavy atom. The molecule has 0 aliphatic carbocycles. The van der Waals surface area contributed by atoms with Crippen LogP contribution in [0.15, 0.2) is 73.3 Å². The lowest BCUT2D eigenvalue weighted by atomic mass is 9.98. The third kappa shape index (κ3) is 4.06. The van der Waals surface area contributed by atoms with Crippen molar-refractivity contribution in [3.05, 3.63) is 95.0 Å². The number of carbonyl (C=O) groups is 1. The van der Waals surface area contributed by atoms with Crippen LogP contribution in [-0.2, 0) is 0 Å². The molecule has 1 saturated heterocycles. The summed E-state index contributed by atoms with van der Waals surface area (Å²) in [7, 11) is 0. The van der Waals surface area contributed by atoms with Crippen LogP contribution in [0.25, 0.3) is 0 Å². The summed E-state index contributed by atoms with van der Waals surface area (Å²) in [5.41, 5.74) is 2.91. The molecule has 1 aliphatic rings. The molecular formula is C22H21ClN4O. The molecule has 6 heteroatoms. The van der Waals surface area contributed by atoms with Crippen LogP contribution in [-0.4, -0.2) is 51.9 Å². The van der Waals surface area contributed by atoms with Crippen molar-refractivity contribution in [1.29, 1.82) is 0 Å². The summed E-state index contributed by atoms with van der Waals surface area (Å²) < 4.78 is 0. The zero-order valence-electron chi connectivity index (χ0n) is 15.4. The van der Waals surface area contributed by atoms with Gasteiger partial charge in [0.2, 0.25) is 0 Å². The predicted molar refractivity (Wildman–Crippen MR) is 109 cm³/mol. The van der Waals surface area contributed by atoms with Crippen LogP contribution in [0.2, 0.25) is 5.02 Å². The van der Waals surface area contributed by atoms with Crippen molar-refractivity contribution in [3.63, 3.8) is 0 Å². The number of benzene rings is 2. The molecule has 28 heavy (non-hydrogen) atoms. The highest BCUT2D eigenvalue weighted by atomic mass is 35.5. The fraction of sp³-hybridized carbons (Fsp3) is 0.227. The fourth-order valence-corrected chi connectivity index (χ4v) is 3.78. The van der Waals surface area contributed by atoms with Crippen molar-refractivity contribution in [2.24, 2.45) is 0 Å². The highest BCUT2D eigenvalue weighted by Crippen LogP contribution is 2.29. The lowest BCUT2D eigenvalue weighted by molar-refractivity contribution is 0.0597. The molecular weight excluding hydrogens is 372 g/mol. The van der Waals surface area contributed by atoms with Crippen LogP contribution < -0.4 is 0 Å². The van der Waals surface area contributed by atoms with Gasteiger partial charge in [0.25, 0.3) is 5.91 Å². The Bertz CT molecular complexity index is 910. The monoisotopic (exact) mass is 392 g/mol. The summed E-state index contributed by atoms with van der Waals surface area (Å²) in [6.07, 6.45) is 5.25. The van der Waals surface area contributed by atoms with Crippen LogP contribution in [0, 0.1) is 0 Å². The van der Waals surface area contributed by atoms with Gasteiger partial charge in [-0.05, 0) is 29.8 Å². The van der Waals surface area contributed by atoms with Crippen LogP contribution in [0.3, 0.4) is 0 Å². The van der Waals surface area contributed by atoms with Crippen molar-refractivity contribution >= 4 is 17.5 Å². The predicted octanol–water partition coefficient (Wildman–Crippen LogP) is 3.68. The van der Waals surface area contributed by atoms with Gasteiger partial charge >= 0.3 is 0 Å². The fourth-order valence-electron chi connectivity index (χ4n) is 3.66. The highest BCUT2D eigenvalue weighted by molar-refractivity contribution is 6.30. The van der Waals surface area contributed by atoms with Gasteiger partial charge in [-0.15, -0.1) is 0 Å². The number of nitrogens with zero attached hydrogens (tertiary/aromatic N) is 4.